The zero-order valence-electron chi connectivity index (χ0n) is 13.5. The van der Waals surface area contributed by atoms with Gasteiger partial charge >= 0.3 is 0 Å². The lowest BCUT2D eigenvalue weighted by molar-refractivity contribution is 0.619. The van der Waals surface area contributed by atoms with Gasteiger partial charge < -0.3 is 0 Å². The van der Waals surface area contributed by atoms with Crippen molar-refractivity contribution in [1.82, 2.24) is 15.2 Å². The van der Waals surface area contributed by atoms with Gasteiger partial charge in [-0.1, -0.05) is 6.07 Å². The van der Waals surface area contributed by atoms with Gasteiger partial charge in [0.25, 0.3) is 0 Å². The van der Waals surface area contributed by atoms with Crippen molar-refractivity contribution in [2.24, 2.45) is 0 Å². The third kappa shape index (κ3) is 2.36. The molecule has 2 aromatic heterocycles. The first-order valence-corrected chi connectivity index (χ1v) is 7.79. The van der Waals surface area contributed by atoms with Gasteiger partial charge in [0.2, 0.25) is 0 Å². The SMILES string of the molecule is Cc1cc(-c2ncccc2-c2cc(C)c3[nH]ncc3c2)ccc1F. The number of H-pyrrole nitrogens is 1. The Morgan fingerprint density at radius 2 is 1.79 bits per heavy atom. The van der Waals surface area contributed by atoms with Crippen LogP contribution < -0.4 is 0 Å². The van der Waals surface area contributed by atoms with Crippen LogP contribution in [0, 0.1) is 19.7 Å². The molecule has 0 radical (unpaired) electrons. The molecule has 0 aliphatic rings. The predicted octanol–water partition coefficient (Wildman–Crippen LogP) is 5.05. The molecule has 0 unspecified atom stereocenters. The van der Waals surface area contributed by atoms with Crippen LogP contribution in [0.25, 0.3) is 33.3 Å². The van der Waals surface area contributed by atoms with Crippen LogP contribution in [0.1, 0.15) is 11.1 Å². The van der Waals surface area contributed by atoms with Gasteiger partial charge in [-0.2, -0.15) is 5.10 Å². The van der Waals surface area contributed by atoms with E-state index in [1.54, 1.807) is 19.2 Å². The number of halogens is 1. The van der Waals surface area contributed by atoms with E-state index >= 15 is 0 Å². The molecule has 0 saturated carbocycles. The predicted molar refractivity (Wildman–Crippen MR) is 94.2 cm³/mol. The molecule has 1 N–H and O–H groups in total. The van der Waals surface area contributed by atoms with Crippen LogP contribution in [0.3, 0.4) is 0 Å². The summed E-state index contributed by atoms with van der Waals surface area (Å²) in [6, 6.07) is 13.3. The van der Waals surface area contributed by atoms with Crippen molar-refractivity contribution in [3.63, 3.8) is 0 Å². The number of pyridine rings is 1. The highest BCUT2D eigenvalue weighted by Crippen LogP contribution is 2.33. The molecule has 4 aromatic rings. The van der Waals surface area contributed by atoms with Crippen molar-refractivity contribution in [2.45, 2.75) is 13.8 Å². The second-order valence-electron chi connectivity index (χ2n) is 5.99. The Labute approximate surface area is 139 Å². The van der Waals surface area contributed by atoms with Crippen molar-refractivity contribution in [3.05, 3.63) is 71.8 Å². The molecule has 0 aliphatic carbocycles. The van der Waals surface area contributed by atoms with Gasteiger partial charge in [-0.15, -0.1) is 0 Å². The third-order valence-electron chi connectivity index (χ3n) is 4.30. The van der Waals surface area contributed by atoms with Crippen LogP contribution in [0.5, 0.6) is 0 Å². The summed E-state index contributed by atoms with van der Waals surface area (Å²) in [5.41, 5.74) is 6.65. The fraction of sp³-hybridized carbons (Fsp3) is 0.100. The first-order chi connectivity index (χ1) is 11.6. The number of nitrogens with zero attached hydrogens (tertiary/aromatic N) is 2. The molecule has 2 aromatic carbocycles. The number of aromatic amines is 1. The number of benzene rings is 2. The summed E-state index contributed by atoms with van der Waals surface area (Å²) < 4.78 is 13.6. The molecule has 0 bridgehead atoms. The molecule has 3 nitrogen and oxygen atoms in total. The Bertz CT molecular complexity index is 1050. The Hall–Kier alpha value is -3.01. The summed E-state index contributed by atoms with van der Waals surface area (Å²) in [5.74, 6) is -0.202. The van der Waals surface area contributed by atoms with E-state index in [0.717, 1.165) is 38.9 Å². The highest BCUT2D eigenvalue weighted by atomic mass is 19.1. The minimum atomic E-state index is -0.202. The molecule has 4 heteroatoms. The van der Waals surface area contributed by atoms with Crippen LogP contribution in [-0.4, -0.2) is 15.2 Å². The largest absolute Gasteiger partial charge is 0.278 e. The Kier molecular flexibility index (Phi) is 3.38. The van der Waals surface area contributed by atoms with E-state index in [1.807, 2.05) is 24.4 Å². The molecule has 0 spiro atoms. The standard InChI is InChI=1S/C20H16FN3/c1-12-8-14(5-6-18(12)21)20-17(4-3-7-22-20)15-9-13(2)19-16(10-15)11-23-24-19/h3-11H,1-2H3,(H,23,24). The van der Waals surface area contributed by atoms with Gasteiger partial charge in [0, 0.05) is 22.7 Å². The zero-order chi connectivity index (χ0) is 16.7. The quantitative estimate of drug-likeness (QED) is 0.562. The summed E-state index contributed by atoms with van der Waals surface area (Å²) in [6.45, 7) is 3.82. The van der Waals surface area contributed by atoms with E-state index in [9.17, 15) is 4.39 Å². The van der Waals surface area contributed by atoms with Gasteiger partial charge in [0.1, 0.15) is 5.82 Å². The topological polar surface area (TPSA) is 41.6 Å². The second kappa shape index (κ2) is 5.57. The van der Waals surface area contributed by atoms with E-state index in [1.165, 1.54) is 6.07 Å². The number of aryl methyl sites for hydroxylation is 2. The van der Waals surface area contributed by atoms with E-state index in [-0.39, 0.29) is 5.82 Å². The molecule has 24 heavy (non-hydrogen) atoms. The van der Waals surface area contributed by atoms with Gasteiger partial charge in [-0.25, -0.2) is 4.39 Å². The third-order valence-corrected chi connectivity index (χ3v) is 4.30. The number of rotatable bonds is 2. The molecule has 4 rings (SSSR count). The highest BCUT2D eigenvalue weighted by molar-refractivity contribution is 5.90. The number of hydrogen-bond donors (Lipinski definition) is 1. The number of nitrogens with one attached hydrogen (secondary N) is 1. The molecular weight excluding hydrogens is 301 g/mol. The van der Waals surface area contributed by atoms with Crippen molar-refractivity contribution in [3.8, 4) is 22.4 Å². The maximum atomic E-state index is 13.6. The lowest BCUT2D eigenvalue weighted by atomic mass is 9.96. The van der Waals surface area contributed by atoms with Crippen LogP contribution in [0.4, 0.5) is 4.39 Å². The first kappa shape index (κ1) is 14.6. The monoisotopic (exact) mass is 317 g/mol. The summed E-state index contributed by atoms with van der Waals surface area (Å²) in [4.78, 5) is 4.55. The second-order valence-corrected chi connectivity index (χ2v) is 5.99. The molecule has 0 aliphatic heterocycles. The number of hydrogen-bond acceptors (Lipinski definition) is 2. The fourth-order valence-electron chi connectivity index (χ4n) is 3.05. The summed E-state index contributed by atoms with van der Waals surface area (Å²) in [5, 5.41) is 8.20. The Balaban J connectivity index is 1.93. The van der Waals surface area contributed by atoms with E-state index in [4.69, 9.17) is 0 Å². The van der Waals surface area contributed by atoms with Crippen LogP contribution >= 0.6 is 0 Å². The van der Waals surface area contributed by atoms with Crippen LogP contribution in [0.15, 0.2) is 54.9 Å². The van der Waals surface area contributed by atoms with Gasteiger partial charge in [0.05, 0.1) is 17.4 Å². The summed E-state index contributed by atoms with van der Waals surface area (Å²) in [6.07, 6.45) is 3.59. The number of fused-ring (bicyclic) bond motifs is 1. The molecule has 0 atom stereocenters. The number of aromatic nitrogens is 3. The van der Waals surface area contributed by atoms with E-state index in [0.29, 0.717) is 5.56 Å². The molecule has 0 amide bonds. The summed E-state index contributed by atoms with van der Waals surface area (Å²) in [7, 11) is 0. The maximum absolute atomic E-state index is 13.6. The van der Waals surface area contributed by atoms with E-state index < -0.39 is 0 Å². The average Bonchev–Trinajstić information content (AvgIpc) is 3.06. The lowest BCUT2D eigenvalue weighted by Gasteiger charge is -2.11. The maximum Gasteiger partial charge on any atom is 0.126 e. The molecular formula is C20H16FN3. The van der Waals surface area contributed by atoms with Gasteiger partial charge in [-0.05, 0) is 66.9 Å². The molecule has 0 saturated heterocycles. The van der Waals surface area contributed by atoms with Crippen LogP contribution in [-0.2, 0) is 0 Å². The van der Waals surface area contributed by atoms with E-state index in [2.05, 4.69) is 34.2 Å². The minimum absolute atomic E-state index is 0.202. The first-order valence-electron chi connectivity index (χ1n) is 7.79. The minimum Gasteiger partial charge on any atom is -0.278 e. The smallest absolute Gasteiger partial charge is 0.126 e. The van der Waals surface area contributed by atoms with Crippen LogP contribution in [0.2, 0.25) is 0 Å². The highest BCUT2D eigenvalue weighted by Gasteiger charge is 2.12. The normalized spacial score (nSPS) is 11.1. The van der Waals surface area contributed by atoms with Crippen molar-refractivity contribution in [1.29, 1.82) is 0 Å². The molecule has 118 valence electrons. The Morgan fingerprint density at radius 3 is 2.62 bits per heavy atom. The summed E-state index contributed by atoms with van der Waals surface area (Å²) >= 11 is 0. The Morgan fingerprint density at radius 1 is 0.958 bits per heavy atom. The van der Waals surface area contributed by atoms with Crippen molar-refractivity contribution in [2.75, 3.05) is 0 Å². The lowest BCUT2D eigenvalue weighted by Crippen LogP contribution is -1.91. The van der Waals surface area contributed by atoms with Gasteiger partial charge in [0.15, 0.2) is 0 Å². The molecule has 0 fully saturated rings. The zero-order valence-corrected chi connectivity index (χ0v) is 13.5. The van der Waals surface area contributed by atoms with Crippen molar-refractivity contribution < 1.29 is 4.39 Å². The average molecular weight is 317 g/mol. The van der Waals surface area contributed by atoms with Crippen molar-refractivity contribution >= 4 is 10.9 Å². The van der Waals surface area contributed by atoms with Gasteiger partial charge in [-0.3, -0.25) is 10.1 Å². The molecule has 2 heterocycles. The fourth-order valence-corrected chi connectivity index (χ4v) is 3.05.